The average Bonchev–Trinajstić information content (AvgIpc) is 3.05. The predicted molar refractivity (Wildman–Crippen MR) is 99.6 cm³/mol. The molecule has 0 saturated carbocycles. The van der Waals surface area contributed by atoms with Crippen LogP contribution in [0.3, 0.4) is 0 Å². The van der Waals surface area contributed by atoms with Gasteiger partial charge in [-0.3, -0.25) is 0 Å². The van der Waals surface area contributed by atoms with Crippen molar-refractivity contribution in [3.63, 3.8) is 0 Å². The highest BCUT2D eigenvalue weighted by Gasteiger charge is 2.11. The molecule has 0 aliphatic rings. The van der Waals surface area contributed by atoms with Gasteiger partial charge in [0, 0.05) is 16.3 Å². The van der Waals surface area contributed by atoms with E-state index in [1.807, 2.05) is 37.3 Å². The highest BCUT2D eigenvalue weighted by molar-refractivity contribution is 6.33. The van der Waals surface area contributed by atoms with Crippen molar-refractivity contribution in [3.05, 3.63) is 75.5 Å². The molecule has 0 saturated heterocycles. The lowest BCUT2D eigenvalue weighted by Crippen LogP contribution is -2.02. The van der Waals surface area contributed by atoms with E-state index < -0.39 is 5.97 Å². The van der Waals surface area contributed by atoms with Gasteiger partial charge >= 0.3 is 5.97 Å². The molecule has 25 heavy (non-hydrogen) atoms. The summed E-state index contributed by atoms with van der Waals surface area (Å²) in [5, 5.41) is 13.1. The first kappa shape index (κ1) is 17.4. The summed E-state index contributed by atoms with van der Waals surface area (Å²) in [5.41, 5.74) is 2.61. The molecule has 3 rings (SSSR count). The predicted octanol–water partition coefficient (Wildman–Crippen LogP) is 5.87. The molecule has 0 bridgehead atoms. The van der Waals surface area contributed by atoms with Gasteiger partial charge in [0.25, 0.3) is 0 Å². The Morgan fingerprint density at radius 1 is 1.12 bits per heavy atom. The Labute approximate surface area is 155 Å². The Hall–Kier alpha value is -2.43. The summed E-state index contributed by atoms with van der Waals surface area (Å²) in [5.74, 6) is 0.394. The van der Waals surface area contributed by atoms with Crippen molar-refractivity contribution in [2.45, 2.75) is 13.5 Å². The standard InChI is InChI=1S/C19H15Cl2NO3/c1-11-14(3-2-4-16(11)20)18-8-6-13(25-18)10-22-12-5-7-17(21)15(9-12)19(23)24/h2-9,22H,10H2,1H3,(H,23,24). The highest BCUT2D eigenvalue weighted by atomic mass is 35.5. The van der Waals surface area contributed by atoms with Crippen LogP contribution in [0.15, 0.2) is 52.9 Å². The number of benzene rings is 2. The highest BCUT2D eigenvalue weighted by Crippen LogP contribution is 2.30. The van der Waals surface area contributed by atoms with Crippen LogP contribution in [-0.2, 0) is 6.54 Å². The number of furan rings is 1. The fourth-order valence-corrected chi connectivity index (χ4v) is 2.85. The Morgan fingerprint density at radius 3 is 2.68 bits per heavy atom. The van der Waals surface area contributed by atoms with E-state index in [2.05, 4.69) is 5.32 Å². The molecular weight excluding hydrogens is 361 g/mol. The van der Waals surface area contributed by atoms with E-state index in [0.29, 0.717) is 17.3 Å². The molecule has 1 aromatic heterocycles. The Morgan fingerprint density at radius 2 is 1.92 bits per heavy atom. The summed E-state index contributed by atoms with van der Waals surface area (Å²) in [4.78, 5) is 11.1. The van der Waals surface area contributed by atoms with Gasteiger partial charge in [-0.1, -0.05) is 35.3 Å². The monoisotopic (exact) mass is 375 g/mol. The fourth-order valence-electron chi connectivity index (χ4n) is 2.48. The molecule has 0 spiro atoms. The molecule has 2 aromatic carbocycles. The third kappa shape index (κ3) is 3.81. The molecule has 1 heterocycles. The number of carbonyl (C=O) groups is 1. The van der Waals surface area contributed by atoms with Crippen LogP contribution in [0.1, 0.15) is 21.7 Å². The quantitative estimate of drug-likeness (QED) is 0.584. The average molecular weight is 376 g/mol. The topological polar surface area (TPSA) is 62.5 Å². The van der Waals surface area contributed by atoms with E-state index in [1.165, 1.54) is 6.07 Å². The van der Waals surface area contributed by atoms with Crippen LogP contribution in [0.5, 0.6) is 0 Å². The summed E-state index contributed by atoms with van der Waals surface area (Å²) in [7, 11) is 0. The first-order chi connectivity index (χ1) is 12.0. The van der Waals surface area contributed by atoms with Crippen molar-refractivity contribution in [2.75, 3.05) is 5.32 Å². The first-order valence-corrected chi connectivity index (χ1v) is 8.32. The summed E-state index contributed by atoms with van der Waals surface area (Å²) < 4.78 is 5.87. The number of carboxylic acid groups (broad SMARTS) is 1. The molecule has 4 nitrogen and oxygen atoms in total. The molecule has 3 aromatic rings. The molecule has 0 radical (unpaired) electrons. The van der Waals surface area contributed by atoms with Gasteiger partial charge in [-0.15, -0.1) is 0 Å². The van der Waals surface area contributed by atoms with Crippen molar-refractivity contribution >= 4 is 34.9 Å². The van der Waals surface area contributed by atoms with Crippen LogP contribution in [0, 0.1) is 6.92 Å². The maximum absolute atomic E-state index is 11.1. The third-order valence-electron chi connectivity index (χ3n) is 3.86. The lowest BCUT2D eigenvalue weighted by molar-refractivity contribution is 0.0697. The van der Waals surface area contributed by atoms with Crippen molar-refractivity contribution in [2.24, 2.45) is 0 Å². The second-order valence-electron chi connectivity index (χ2n) is 5.53. The molecule has 0 unspecified atom stereocenters. The lowest BCUT2D eigenvalue weighted by atomic mass is 10.1. The van der Waals surface area contributed by atoms with Crippen molar-refractivity contribution in [1.82, 2.24) is 0 Å². The smallest absolute Gasteiger partial charge is 0.337 e. The maximum atomic E-state index is 11.1. The lowest BCUT2D eigenvalue weighted by Gasteiger charge is -2.07. The molecule has 0 atom stereocenters. The van der Waals surface area contributed by atoms with Gasteiger partial charge in [-0.05, 0) is 48.9 Å². The largest absolute Gasteiger partial charge is 0.478 e. The number of carboxylic acids is 1. The van der Waals surface area contributed by atoms with E-state index in [1.54, 1.807) is 12.1 Å². The van der Waals surface area contributed by atoms with Gasteiger partial charge in [0.15, 0.2) is 0 Å². The molecule has 0 fully saturated rings. The Kier molecular flexibility index (Phi) is 5.02. The summed E-state index contributed by atoms with van der Waals surface area (Å²) in [6.45, 7) is 2.36. The van der Waals surface area contributed by atoms with Crippen molar-refractivity contribution in [1.29, 1.82) is 0 Å². The Balaban J connectivity index is 1.75. The second-order valence-corrected chi connectivity index (χ2v) is 6.35. The van der Waals surface area contributed by atoms with Gasteiger partial charge in [0.2, 0.25) is 0 Å². The van der Waals surface area contributed by atoms with Gasteiger partial charge < -0.3 is 14.8 Å². The van der Waals surface area contributed by atoms with E-state index in [0.717, 1.165) is 22.6 Å². The number of halogens is 2. The maximum Gasteiger partial charge on any atom is 0.337 e. The van der Waals surface area contributed by atoms with E-state index in [9.17, 15) is 4.79 Å². The molecule has 128 valence electrons. The van der Waals surface area contributed by atoms with Crippen LogP contribution in [-0.4, -0.2) is 11.1 Å². The van der Waals surface area contributed by atoms with Gasteiger partial charge in [-0.2, -0.15) is 0 Å². The minimum absolute atomic E-state index is 0.0568. The van der Waals surface area contributed by atoms with Crippen LogP contribution in [0.25, 0.3) is 11.3 Å². The molecule has 0 aliphatic heterocycles. The third-order valence-corrected chi connectivity index (χ3v) is 4.60. The van der Waals surface area contributed by atoms with Crippen LogP contribution < -0.4 is 5.32 Å². The van der Waals surface area contributed by atoms with E-state index >= 15 is 0 Å². The second kappa shape index (κ2) is 7.21. The number of hydrogen-bond donors (Lipinski definition) is 2. The van der Waals surface area contributed by atoms with Crippen molar-refractivity contribution in [3.8, 4) is 11.3 Å². The van der Waals surface area contributed by atoms with Gasteiger partial charge in [-0.25, -0.2) is 4.79 Å². The molecule has 6 heteroatoms. The van der Waals surface area contributed by atoms with Crippen LogP contribution >= 0.6 is 23.2 Å². The minimum atomic E-state index is -1.06. The first-order valence-electron chi connectivity index (χ1n) is 7.56. The number of hydrogen-bond acceptors (Lipinski definition) is 3. The molecule has 2 N–H and O–H groups in total. The van der Waals surface area contributed by atoms with E-state index in [4.69, 9.17) is 32.7 Å². The number of nitrogens with one attached hydrogen (secondary N) is 1. The fraction of sp³-hybridized carbons (Fsp3) is 0.105. The number of aromatic carboxylic acids is 1. The van der Waals surface area contributed by atoms with Crippen LogP contribution in [0.4, 0.5) is 5.69 Å². The zero-order valence-electron chi connectivity index (χ0n) is 13.3. The van der Waals surface area contributed by atoms with Crippen molar-refractivity contribution < 1.29 is 14.3 Å². The summed E-state index contributed by atoms with van der Waals surface area (Å²) in [6.07, 6.45) is 0. The van der Waals surface area contributed by atoms with Gasteiger partial charge in [0.1, 0.15) is 11.5 Å². The summed E-state index contributed by atoms with van der Waals surface area (Å²) >= 11 is 12.0. The molecule has 0 aliphatic carbocycles. The zero-order valence-corrected chi connectivity index (χ0v) is 14.9. The number of anilines is 1. The van der Waals surface area contributed by atoms with E-state index in [-0.39, 0.29) is 10.6 Å². The summed E-state index contributed by atoms with van der Waals surface area (Å²) in [6, 6.07) is 14.2. The molecule has 0 amide bonds. The molecular formula is C19H15Cl2NO3. The normalized spacial score (nSPS) is 10.7. The minimum Gasteiger partial charge on any atom is -0.478 e. The van der Waals surface area contributed by atoms with Gasteiger partial charge in [0.05, 0.1) is 17.1 Å². The zero-order chi connectivity index (χ0) is 18.0. The van der Waals surface area contributed by atoms with Crippen LogP contribution in [0.2, 0.25) is 10.0 Å². The SMILES string of the molecule is Cc1c(Cl)cccc1-c1ccc(CNc2ccc(Cl)c(C(=O)O)c2)o1. The Bertz CT molecular complexity index is 934. The number of rotatable bonds is 5.